The predicted octanol–water partition coefficient (Wildman–Crippen LogP) is 2.65. The first kappa shape index (κ1) is 10.3. The highest BCUT2D eigenvalue weighted by molar-refractivity contribution is 6.06. The van der Waals surface area contributed by atoms with Gasteiger partial charge in [-0.1, -0.05) is 26.0 Å². The lowest BCUT2D eigenvalue weighted by molar-refractivity contribution is -0.167. The minimum Gasteiger partial charge on any atom is -0.352 e. The molecule has 3 rings (SSSR count). The molecule has 2 heterocycles. The Balaban J connectivity index is 2.14. The largest absolute Gasteiger partial charge is 0.352 e. The van der Waals surface area contributed by atoms with E-state index < -0.39 is 5.60 Å². The minimum atomic E-state index is -0.679. The van der Waals surface area contributed by atoms with Crippen molar-refractivity contribution >= 4 is 5.78 Å². The third kappa shape index (κ3) is 0.988. The van der Waals surface area contributed by atoms with Crippen molar-refractivity contribution in [3.05, 3.63) is 23.8 Å². The Hall–Kier alpha value is -0.890. The molecule has 0 amide bonds. The summed E-state index contributed by atoms with van der Waals surface area (Å²) in [6, 6.07) is 0. The van der Waals surface area contributed by atoms with Crippen molar-refractivity contribution in [3.8, 4) is 0 Å². The second kappa shape index (κ2) is 2.86. The molecule has 1 saturated heterocycles. The number of fused-ring (bicyclic) bond motifs is 4. The maximum Gasteiger partial charge on any atom is 0.194 e. The zero-order valence-electron chi connectivity index (χ0n) is 10.1. The molecule has 0 spiro atoms. The average Bonchev–Trinajstić information content (AvgIpc) is 2.80. The summed E-state index contributed by atoms with van der Waals surface area (Å²) in [5.74, 6) is 0.683. The Kier molecular flexibility index (Phi) is 1.84. The Bertz CT molecular complexity index is 418. The van der Waals surface area contributed by atoms with Crippen molar-refractivity contribution in [1.82, 2.24) is 0 Å². The topological polar surface area (TPSA) is 26.3 Å². The van der Waals surface area contributed by atoms with E-state index in [2.05, 4.69) is 32.9 Å². The molecule has 1 fully saturated rings. The molecule has 2 bridgehead atoms. The highest BCUT2D eigenvalue weighted by Crippen LogP contribution is 2.53. The van der Waals surface area contributed by atoms with E-state index in [1.807, 2.05) is 6.08 Å². The van der Waals surface area contributed by atoms with E-state index in [9.17, 15) is 4.79 Å². The standard InChI is InChI=1S/C14H18O2/c1-9(2)14-8-7-13(3,16-14)11-6-4-5-10(11)12(14)15/h5,7-9,11H,4,6H2,1-3H3/t11-,13-,14-/m1/s1. The lowest BCUT2D eigenvalue weighted by atomic mass is 9.75. The van der Waals surface area contributed by atoms with Gasteiger partial charge in [-0.05, 0) is 31.8 Å². The molecule has 0 N–H and O–H groups in total. The average molecular weight is 218 g/mol. The molecule has 3 atom stereocenters. The number of hydrogen-bond donors (Lipinski definition) is 0. The first-order valence-electron chi connectivity index (χ1n) is 6.15. The second-order valence-electron chi connectivity index (χ2n) is 5.69. The Morgan fingerprint density at radius 1 is 1.44 bits per heavy atom. The van der Waals surface area contributed by atoms with Gasteiger partial charge in [0.2, 0.25) is 0 Å². The maximum absolute atomic E-state index is 12.5. The molecule has 0 aromatic heterocycles. The molecule has 3 aliphatic rings. The molecule has 0 saturated carbocycles. The highest BCUT2D eigenvalue weighted by Gasteiger charge is 2.59. The van der Waals surface area contributed by atoms with Crippen LogP contribution in [0.2, 0.25) is 0 Å². The number of carbonyl (C=O) groups excluding carboxylic acids is 1. The number of ketones is 1. The normalized spacial score (nSPS) is 45.1. The van der Waals surface area contributed by atoms with Crippen LogP contribution in [0.3, 0.4) is 0 Å². The van der Waals surface area contributed by atoms with Crippen LogP contribution in [-0.2, 0) is 9.53 Å². The molecule has 2 aliphatic heterocycles. The van der Waals surface area contributed by atoms with Gasteiger partial charge in [0.1, 0.15) is 0 Å². The molecule has 2 nitrogen and oxygen atoms in total. The van der Waals surface area contributed by atoms with Gasteiger partial charge in [0.15, 0.2) is 11.4 Å². The third-order valence-electron chi connectivity index (χ3n) is 4.41. The summed E-state index contributed by atoms with van der Waals surface area (Å²) in [5.41, 5.74) is 0.0922. The van der Waals surface area contributed by atoms with Crippen molar-refractivity contribution in [2.75, 3.05) is 0 Å². The highest BCUT2D eigenvalue weighted by atomic mass is 16.5. The van der Waals surface area contributed by atoms with Crippen molar-refractivity contribution < 1.29 is 9.53 Å². The van der Waals surface area contributed by atoms with Gasteiger partial charge < -0.3 is 4.74 Å². The lowest BCUT2D eigenvalue weighted by Gasteiger charge is -2.44. The molecule has 86 valence electrons. The van der Waals surface area contributed by atoms with Gasteiger partial charge in [-0.3, -0.25) is 4.79 Å². The van der Waals surface area contributed by atoms with Crippen LogP contribution in [-0.4, -0.2) is 17.0 Å². The third-order valence-corrected chi connectivity index (χ3v) is 4.41. The fourth-order valence-corrected chi connectivity index (χ4v) is 3.38. The number of hydrogen-bond acceptors (Lipinski definition) is 2. The van der Waals surface area contributed by atoms with Gasteiger partial charge in [0.05, 0.1) is 5.60 Å². The quantitative estimate of drug-likeness (QED) is 0.632. The van der Waals surface area contributed by atoms with Crippen LogP contribution in [0.15, 0.2) is 23.8 Å². The molecular weight excluding hydrogens is 200 g/mol. The van der Waals surface area contributed by atoms with E-state index in [1.54, 1.807) is 0 Å². The monoisotopic (exact) mass is 218 g/mol. The number of ether oxygens (including phenoxy) is 1. The van der Waals surface area contributed by atoms with Gasteiger partial charge in [0, 0.05) is 11.5 Å². The summed E-state index contributed by atoms with van der Waals surface area (Å²) >= 11 is 0. The molecule has 2 heteroatoms. The first-order chi connectivity index (χ1) is 7.50. The van der Waals surface area contributed by atoms with E-state index in [1.165, 1.54) is 0 Å². The molecule has 1 aliphatic carbocycles. The van der Waals surface area contributed by atoms with Crippen LogP contribution in [0.5, 0.6) is 0 Å². The first-order valence-corrected chi connectivity index (χ1v) is 6.15. The zero-order valence-corrected chi connectivity index (χ0v) is 10.1. The van der Waals surface area contributed by atoms with E-state index in [0.29, 0.717) is 0 Å². The van der Waals surface area contributed by atoms with Gasteiger partial charge in [-0.15, -0.1) is 0 Å². The summed E-state index contributed by atoms with van der Waals surface area (Å²) in [4.78, 5) is 12.5. The van der Waals surface area contributed by atoms with Crippen LogP contribution >= 0.6 is 0 Å². The van der Waals surface area contributed by atoms with Crippen molar-refractivity contribution in [2.45, 2.75) is 44.8 Å². The lowest BCUT2D eigenvalue weighted by Crippen LogP contribution is -2.54. The molecule has 0 aromatic carbocycles. The molecule has 0 radical (unpaired) electrons. The number of Topliss-reactive ketones (excluding diaryl/α,β-unsaturated/α-hetero) is 1. The molecular formula is C14H18O2. The number of carbonyl (C=O) groups is 1. The second-order valence-corrected chi connectivity index (χ2v) is 5.69. The molecule has 16 heavy (non-hydrogen) atoms. The fourth-order valence-electron chi connectivity index (χ4n) is 3.38. The van der Waals surface area contributed by atoms with Crippen LogP contribution in [0.25, 0.3) is 0 Å². The van der Waals surface area contributed by atoms with Crippen LogP contribution < -0.4 is 0 Å². The number of allylic oxidation sites excluding steroid dienone is 1. The Morgan fingerprint density at radius 2 is 2.19 bits per heavy atom. The van der Waals surface area contributed by atoms with E-state index >= 15 is 0 Å². The SMILES string of the molecule is CC(C)[C@@]12C=C[C@@](C)(O1)[C@@H]1CCC=C1C2=O. The summed E-state index contributed by atoms with van der Waals surface area (Å²) < 4.78 is 6.16. The zero-order chi connectivity index (χ0) is 11.6. The summed E-state index contributed by atoms with van der Waals surface area (Å²) in [6.07, 6.45) is 8.31. The van der Waals surface area contributed by atoms with Crippen molar-refractivity contribution in [2.24, 2.45) is 11.8 Å². The van der Waals surface area contributed by atoms with Crippen LogP contribution in [0.1, 0.15) is 33.6 Å². The predicted molar refractivity (Wildman–Crippen MR) is 62.0 cm³/mol. The number of rotatable bonds is 1. The minimum absolute atomic E-state index is 0.195. The van der Waals surface area contributed by atoms with E-state index in [4.69, 9.17) is 4.74 Å². The smallest absolute Gasteiger partial charge is 0.194 e. The van der Waals surface area contributed by atoms with Gasteiger partial charge in [-0.25, -0.2) is 0 Å². The Labute approximate surface area is 96.4 Å². The molecule has 0 unspecified atom stereocenters. The van der Waals surface area contributed by atoms with Crippen LogP contribution in [0, 0.1) is 11.8 Å². The van der Waals surface area contributed by atoms with E-state index in [-0.39, 0.29) is 23.2 Å². The van der Waals surface area contributed by atoms with Crippen LogP contribution in [0.4, 0.5) is 0 Å². The van der Waals surface area contributed by atoms with Gasteiger partial charge in [-0.2, -0.15) is 0 Å². The van der Waals surface area contributed by atoms with Gasteiger partial charge in [0.25, 0.3) is 0 Å². The van der Waals surface area contributed by atoms with Gasteiger partial charge >= 0.3 is 0 Å². The van der Waals surface area contributed by atoms with Crippen molar-refractivity contribution in [3.63, 3.8) is 0 Å². The summed E-state index contributed by atoms with van der Waals surface area (Å²) in [7, 11) is 0. The molecule has 0 aromatic rings. The Morgan fingerprint density at radius 3 is 2.88 bits per heavy atom. The summed E-state index contributed by atoms with van der Waals surface area (Å²) in [5, 5.41) is 0. The maximum atomic E-state index is 12.5. The summed E-state index contributed by atoms with van der Waals surface area (Å²) in [6.45, 7) is 6.23. The van der Waals surface area contributed by atoms with E-state index in [0.717, 1.165) is 18.4 Å². The van der Waals surface area contributed by atoms with Crippen molar-refractivity contribution in [1.29, 1.82) is 0 Å². The fraction of sp³-hybridized carbons (Fsp3) is 0.643.